The molecule has 8 heteroatoms. The molecular formula is C11H17N5O3. The number of hydrogen-bond donors (Lipinski definition) is 3. The molecule has 0 saturated carbocycles. The van der Waals surface area contributed by atoms with E-state index in [1.54, 1.807) is 0 Å². The minimum atomic E-state index is -0.996. The molecule has 0 unspecified atom stereocenters. The average molecular weight is 267 g/mol. The number of carbonyl (C=O) groups excluding carboxylic acids is 1. The Balaban J connectivity index is 2.32. The zero-order valence-corrected chi connectivity index (χ0v) is 10.9. The van der Waals surface area contributed by atoms with Crippen molar-refractivity contribution >= 4 is 12.0 Å². The normalized spacial score (nSPS) is 9.79. The van der Waals surface area contributed by atoms with E-state index in [0.717, 1.165) is 5.57 Å². The van der Waals surface area contributed by atoms with Gasteiger partial charge in [0.2, 0.25) is 0 Å². The monoisotopic (exact) mass is 267 g/mol. The second-order valence-electron chi connectivity index (χ2n) is 4.15. The lowest BCUT2D eigenvalue weighted by atomic mass is 10.3. The molecule has 104 valence electrons. The molecule has 0 bridgehead atoms. The molecule has 0 spiro atoms. The number of carboxylic acids is 1. The van der Waals surface area contributed by atoms with Gasteiger partial charge >= 0.3 is 12.0 Å². The number of carboxylic acid groups (broad SMARTS) is 1. The fourth-order valence-corrected chi connectivity index (χ4v) is 1.22. The van der Waals surface area contributed by atoms with Gasteiger partial charge in [-0.15, -0.1) is 5.10 Å². The summed E-state index contributed by atoms with van der Waals surface area (Å²) in [5.74, 6) is -0.996. The van der Waals surface area contributed by atoms with Crippen LogP contribution in [0.15, 0.2) is 17.8 Å². The van der Waals surface area contributed by atoms with Crippen molar-refractivity contribution in [2.24, 2.45) is 0 Å². The van der Waals surface area contributed by atoms with Gasteiger partial charge in [-0.3, -0.25) is 4.79 Å². The minimum absolute atomic E-state index is 0.195. The smallest absolute Gasteiger partial charge is 0.325 e. The Morgan fingerprint density at radius 3 is 2.79 bits per heavy atom. The van der Waals surface area contributed by atoms with Crippen LogP contribution in [-0.2, 0) is 17.9 Å². The van der Waals surface area contributed by atoms with Gasteiger partial charge in [0.1, 0.15) is 12.2 Å². The van der Waals surface area contributed by atoms with Crippen LogP contribution < -0.4 is 10.6 Å². The van der Waals surface area contributed by atoms with Crippen molar-refractivity contribution in [1.82, 2.24) is 25.6 Å². The molecular weight excluding hydrogens is 250 g/mol. The molecule has 2 amide bonds. The van der Waals surface area contributed by atoms with Crippen molar-refractivity contribution in [1.29, 1.82) is 0 Å². The van der Waals surface area contributed by atoms with E-state index in [9.17, 15) is 9.59 Å². The van der Waals surface area contributed by atoms with Gasteiger partial charge in [0.25, 0.3) is 0 Å². The average Bonchev–Trinajstić information content (AvgIpc) is 2.72. The van der Waals surface area contributed by atoms with Gasteiger partial charge in [-0.05, 0) is 13.8 Å². The molecule has 1 rings (SSSR count). The number of allylic oxidation sites excluding steroid dienone is 1. The number of urea groups is 1. The summed E-state index contributed by atoms with van der Waals surface area (Å²) in [6, 6.07) is -0.315. The number of rotatable bonds is 6. The van der Waals surface area contributed by atoms with E-state index >= 15 is 0 Å². The molecule has 0 fully saturated rings. The van der Waals surface area contributed by atoms with E-state index in [2.05, 4.69) is 20.9 Å². The maximum Gasteiger partial charge on any atom is 0.325 e. The molecule has 0 atom stereocenters. The molecule has 0 saturated heterocycles. The van der Waals surface area contributed by atoms with E-state index in [1.165, 1.54) is 10.9 Å². The number of hydrogen-bond acceptors (Lipinski definition) is 4. The number of carbonyl (C=O) groups is 2. The quantitative estimate of drug-likeness (QED) is 0.635. The second-order valence-corrected chi connectivity index (χ2v) is 4.15. The summed E-state index contributed by atoms with van der Waals surface area (Å²) in [7, 11) is 0. The summed E-state index contributed by atoms with van der Waals surface area (Å²) in [6.45, 7) is 4.29. The molecule has 1 heterocycles. The minimum Gasteiger partial charge on any atom is -0.480 e. The van der Waals surface area contributed by atoms with Crippen molar-refractivity contribution in [2.45, 2.75) is 26.9 Å². The van der Waals surface area contributed by atoms with Crippen LogP contribution in [0.4, 0.5) is 4.79 Å². The number of nitrogens with one attached hydrogen (secondary N) is 2. The lowest BCUT2D eigenvalue weighted by molar-refractivity contribution is -0.137. The predicted molar refractivity (Wildman–Crippen MR) is 67.3 cm³/mol. The first-order chi connectivity index (χ1) is 8.97. The summed E-state index contributed by atoms with van der Waals surface area (Å²) < 4.78 is 1.19. The van der Waals surface area contributed by atoms with Gasteiger partial charge in [-0.2, -0.15) is 0 Å². The lowest BCUT2D eigenvalue weighted by Crippen LogP contribution is -2.35. The van der Waals surface area contributed by atoms with Crippen LogP contribution in [0, 0.1) is 0 Å². The molecule has 0 aromatic carbocycles. The number of aromatic nitrogens is 3. The highest BCUT2D eigenvalue weighted by Crippen LogP contribution is 1.92. The predicted octanol–water partition coefficient (Wildman–Crippen LogP) is 0.128. The zero-order chi connectivity index (χ0) is 14.3. The standard InChI is InChI=1S/C11H17N5O3/c1-8(2)3-4-12-11(19)13-5-9-6-16(15-14-9)7-10(17)18/h3,6H,4-5,7H2,1-2H3,(H,17,18)(H2,12,13,19). The first-order valence-electron chi connectivity index (χ1n) is 5.73. The second kappa shape index (κ2) is 7.14. The summed E-state index contributed by atoms with van der Waals surface area (Å²) in [5, 5.41) is 21.2. The van der Waals surface area contributed by atoms with Crippen LogP contribution in [0.1, 0.15) is 19.5 Å². The van der Waals surface area contributed by atoms with Gasteiger partial charge in [0.15, 0.2) is 0 Å². The largest absolute Gasteiger partial charge is 0.480 e. The Morgan fingerprint density at radius 2 is 2.16 bits per heavy atom. The Labute approximate surface area is 110 Å². The van der Waals surface area contributed by atoms with Crippen molar-refractivity contribution in [3.8, 4) is 0 Å². The summed E-state index contributed by atoms with van der Waals surface area (Å²) in [5.41, 5.74) is 1.62. The molecule has 3 N–H and O–H groups in total. The first-order valence-corrected chi connectivity index (χ1v) is 5.73. The van der Waals surface area contributed by atoms with E-state index < -0.39 is 5.97 Å². The third-order valence-electron chi connectivity index (χ3n) is 2.09. The summed E-state index contributed by atoms with van der Waals surface area (Å²) in [4.78, 5) is 21.8. The van der Waals surface area contributed by atoms with E-state index in [0.29, 0.717) is 12.2 Å². The van der Waals surface area contributed by atoms with Crippen LogP contribution >= 0.6 is 0 Å². The zero-order valence-electron chi connectivity index (χ0n) is 10.9. The Kier molecular flexibility index (Phi) is 5.52. The number of amides is 2. The molecule has 0 aliphatic rings. The van der Waals surface area contributed by atoms with Crippen molar-refractivity contribution in [3.63, 3.8) is 0 Å². The molecule has 0 aliphatic carbocycles. The molecule has 0 radical (unpaired) electrons. The highest BCUT2D eigenvalue weighted by atomic mass is 16.4. The lowest BCUT2D eigenvalue weighted by Gasteiger charge is -2.03. The molecule has 19 heavy (non-hydrogen) atoms. The van der Waals surface area contributed by atoms with E-state index in [-0.39, 0.29) is 19.1 Å². The first kappa shape index (κ1) is 14.7. The third kappa shape index (κ3) is 6.20. The Bertz CT molecular complexity index is 476. The van der Waals surface area contributed by atoms with E-state index in [4.69, 9.17) is 5.11 Å². The fourth-order valence-electron chi connectivity index (χ4n) is 1.22. The van der Waals surface area contributed by atoms with Crippen LogP contribution in [0.3, 0.4) is 0 Å². The Morgan fingerprint density at radius 1 is 1.42 bits per heavy atom. The highest BCUT2D eigenvalue weighted by Gasteiger charge is 2.05. The maximum atomic E-state index is 11.4. The van der Waals surface area contributed by atoms with E-state index in [1.807, 2.05) is 19.9 Å². The maximum absolute atomic E-state index is 11.4. The Hall–Kier alpha value is -2.38. The van der Waals surface area contributed by atoms with Crippen LogP contribution in [0.5, 0.6) is 0 Å². The molecule has 1 aromatic rings. The van der Waals surface area contributed by atoms with Crippen molar-refractivity contribution in [3.05, 3.63) is 23.5 Å². The van der Waals surface area contributed by atoms with Crippen molar-refractivity contribution in [2.75, 3.05) is 6.54 Å². The van der Waals surface area contributed by atoms with Gasteiger partial charge < -0.3 is 15.7 Å². The van der Waals surface area contributed by atoms with Gasteiger partial charge in [-0.1, -0.05) is 16.9 Å². The SMILES string of the molecule is CC(C)=CCNC(=O)NCc1cn(CC(=O)O)nn1. The highest BCUT2D eigenvalue weighted by molar-refractivity contribution is 5.73. The third-order valence-corrected chi connectivity index (χ3v) is 2.09. The summed E-state index contributed by atoms with van der Waals surface area (Å²) >= 11 is 0. The molecule has 0 aliphatic heterocycles. The van der Waals surface area contributed by atoms with Crippen LogP contribution in [-0.4, -0.2) is 38.6 Å². The number of nitrogens with zero attached hydrogens (tertiary/aromatic N) is 3. The van der Waals surface area contributed by atoms with Crippen molar-refractivity contribution < 1.29 is 14.7 Å². The number of aliphatic carboxylic acids is 1. The van der Waals surface area contributed by atoms with Gasteiger partial charge in [-0.25, -0.2) is 9.48 Å². The van der Waals surface area contributed by atoms with Crippen LogP contribution in [0.2, 0.25) is 0 Å². The molecule has 8 nitrogen and oxygen atoms in total. The van der Waals surface area contributed by atoms with Crippen LogP contribution in [0.25, 0.3) is 0 Å². The molecule has 1 aromatic heterocycles. The van der Waals surface area contributed by atoms with Gasteiger partial charge in [0, 0.05) is 6.54 Å². The topological polar surface area (TPSA) is 109 Å². The fraction of sp³-hybridized carbons (Fsp3) is 0.455. The summed E-state index contributed by atoms with van der Waals surface area (Å²) in [6.07, 6.45) is 3.37. The van der Waals surface area contributed by atoms with Gasteiger partial charge in [0.05, 0.1) is 12.7 Å².